The van der Waals surface area contributed by atoms with Gasteiger partial charge < -0.3 is 16.4 Å². The molecule has 0 aliphatic heterocycles. The Labute approximate surface area is 205 Å². The van der Waals surface area contributed by atoms with Crippen molar-refractivity contribution >= 4 is 17.6 Å². The molecule has 190 valence electrons. The number of benzene rings is 1. The Hall–Kier alpha value is -3.07. The monoisotopic (exact) mass is 487 g/mol. The van der Waals surface area contributed by atoms with Gasteiger partial charge in [0, 0.05) is 25.7 Å². The Kier molecular flexibility index (Phi) is 9.54. The standard InChI is InChI=1S/C26H35F2N5O2/c1-17(33(2)16-18-6-4-3-5-7-18)25(34)32-23(13-19-8-10-21(27)22(28)12-19)26(35)31-15-20-9-11-24(29)30-14-20/h8-12,14,17-18,23H,3-7,13,15-16H2,1-2H3,(H2,29,30)(H,31,35)(H,32,34)/t17?,23-/m0/s1. The van der Waals surface area contributed by atoms with Crippen LogP contribution >= 0.6 is 0 Å². The third-order valence-electron chi connectivity index (χ3n) is 6.68. The summed E-state index contributed by atoms with van der Waals surface area (Å²) < 4.78 is 27.1. The summed E-state index contributed by atoms with van der Waals surface area (Å²) in [7, 11) is 1.91. The van der Waals surface area contributed by atoms with Crippen molar-refractivity contribution in [3.05, 3.63) is 59.3 Å². The summed E-state index contributed by atoms with van der Waals surface area (Å²) in [6.45, 7) is 2.82. The highest BCUT2D eigenvalue weighted by atomic mass is 19.2. The summed E-state index contributed by atoms with van der Waals surface area (Å²) in [6, 6.07) is 5.44. The van der Waals surface area contributed by atoms with Crippen LogP contribution in [0.25, 0.3) is 0 Å². The molecule has 1 saturated carbocycles. The van der Waals surface area contributed by atoms with Gasteiger partial charge in [0.1, 0.15) is 11.9 Å². The zero-order valence-electron chi connectivity index (χ0n) is 20.4. The molecule has 1 aromatic heterocycles. The molecule has 1 fully saturated rings. The van der Waals surface area contributed by atoms with Crippen LogP contribution in [0.4, 0.5) is 14.6 Å². The van der Waals surface area contributed by atoms with Crippen LogP contribution in [0, 0.1) is 17.6 Å². The van der Waals surface area contributed by atoms with Gasteiger partial charge in [0.05, 0.1) is 6.04 Å². The SMILES string of the molecule is CC(C(=O)N[C@@H](Cc1ccc(F)c(F)c1)C(=O)NCc1ccc(N)nc1)N(C)CC1CCCCC1. The van der Waals surface area contributed by atoms with Gasteiger partial charge >= 0.3 is 0 Å². The van der Waals surface area contributed by atoms with Crippen LogP contribution < -0.4 is 16.4 Å². The Morgan fingerprint density at radius 3 is 2.46 bits per heavy atom. The van der Waals surface area contributed by atoms with Crippen LogP contribution in [0.2, 0.25) is 0 Å². The highest BCUT2D eigenvalue weighted by Crippen LogP contribution is 2.24. The average molecular weight is 488 g/mol. The van der Waals surface area contributed by atoms with Gasteiger partial charge in [-0.1, -0.05) is 31.4 Å². The van der Waals surface area contributed by atoms with Crippen LogP contribution in [0.1, 0.15) is 50.2 Å². The lowest BCUT2D eigenvalue weighted by atomic mass is 9.89. The second kappa shape index (κ2) is 12.6. The fourth-order valence-electron chi connectivity index (χ4n) is 4.39. The van der Waals surface area contributed by atoms with Gasteiger partial charge in [-0.2, -0.15) is 0 Å². The number of nitrogen functional groups attached to an aromatic ring is 1. The highest BCUT2D eigenvalue weighted by molar-refractivity contribution is 5.89. The first-order valence-electron chi connectivity index (χ1n) is 12.2. The maximum absolute atomic E-state index is 13.8. The first kappa shape index (κ1) is 26.5. The number of halogens is 2. The Balaban J connectivity index is 1.66. The van der Waals surface area contributed by atoms with Crippen molar-refractivity contribution in [1.82, 2.24) is 20.5 Å². The van der Waals surface area contributed by atoms with E-state index in [0.717, 1.165) is 24.2 Å². The normalized spacial score (nSPS) is 16.0. The summed E-state index contributed by atoms with van der Waals surface area (Å²) in [4.78, 5) is 32.1. The third-order valence-corrected chi connectivity index (χ3v) is 6.68. The molecule has 2 aromatic rings. The number of carbonyl (C=O) groups is 2. The van der Waals surface area contributed by atoms with Crippen molar-refractivity contribution in [2.24, 2.45) is 5.92 Å². The number of aromatic nitrogens is 1. The van der Waals surface area contributed by atoms with E-state index >= 15 is 0 Å². The lowest BCUT2D eigenvalue weighted by Crippen LogP contribution is -2.53. The minimum atomic E-state index is -0.999. The number of hydrogen-bond donors (Lipinski definition) is 3. The largest absolute Gasteiger partial charge is 0.384 e. The number of pyridine rings is 1. The molecule has 35 heavy (non-hydrogen) atoms. The predicted molar refractivity (Wildman–Crippen MR) is 131 cm³/mol. The van der Waals surface area contributed by atoms with Crippen LogP contribution in [0.3, 0.4) is 0 Å². The predicted octanol–water partition coefficient (Wildman–Crippen LogP) is 3.19. The summed E-state index contributed by atoms with van der Waals surface area (Å²) in [5.41, 5.74) is 6.74. The van der Waals surface area contributed by atoms with Crippen LogP contribution in [-0.2, 0) is 22.6 Å². The zero-order valence-corrected chi connectivity index (χ0v) is 20.4. The lowest BCUT2D eigenvalue weighted by molar-refractivity contribution is -0.131. The van der Waals surface area contributed by atoms with Crippen LogP contribution in [0.5, 0.6) is 0 Å². The zero-order chi connectivity index (χ0) is 25.4. The Bertz CT molecular complexity index is 996. The van der Waals surface area contributed by atoms with E-state index in [1.165, 1.54) is 38.2 Å². The molecule has 0 radical (unpaired) electrons. The molecule has 1 aromatic carbocycles. The number of rotatable bonds is 10. The highest BCUT2D eigenvalue weighted by Gasteiger charge is 2.27. The lowest BCUT2D eigenvalue weighted by Gasteiger charge is -2.31. The van der Waals surface area contributed by atoms with Gasteiger partial charge in [-0.05, 0) is 62.1 Å². The number of anilines is 1. The van der Waals surface area contributed by atoms with Gasteiger partial charge in [0.15, 0.2) is 11.6 Å². The number of nitrogens with two attached hydrogens (primary N) is 1. The van der Waals surface area contributed by atoms with E-state index < -0.39 is 29.6 Å². The molecule has 1 heterocycles. The number of amides is 2. The van der Waals surface area contributed by atoms with E-state index in [4.69, 9.17) is 5.73 Å². The maximum Gasteiger partial charge on any atom is 0.243 e. The minimum Gasteiger partial charge on any atom is -0.384 e. The van der Waals surface area contributed by atoms with E-state index in [2.05, 4.69) is 15.6 Å². The molecule has 4 N–H and O–H groups in total. The van der Waals surface area contributed by atoms with Gasteiger partial charge in [0.2, 0.25) is 11.8 Å². The molecule has 1 unspecified atom stereocenters. The molecule has 3 rings (SSSR count). The Morgan fingerprint density at radius 2 is 1.80 bits per heavy atom. The van der Waals surface area contributed by atoms with Gasteiger partial charge in [-0.15, -0.1) is 0 Å². The molecule has 2 atom stereocenters. The summed E-state index contributed by atoms with van der Waals surface area (Å²) >= 11 is 0. The maximum atomic E-state index is 13.8. The number of hydrogen-bond acceptors (Lipinski definition) is 5. The van der Waals surface area contributed by atoms with Gasteiger partial charge in [0.25, 0.3) is 0 Å². The fourth-order valence-corrected chi connectivity index (χ4v) is 4.39. The molecule has 7 nitrogen and oxygen atoms in total. The van der Waals surface area contributed by atoms with E-state index in [1.807, 2.05) is 18.9 Å². The fraction of sp³-hybridized carbons (Fsp3) is 0.500. The molecule has 0 spiro atoms. The molecule has 2 amide bonds. The summed E-state index contributed by atoms with van der Waals surface area (Å²) in [5, 5.41) is 5.61. The molecule has 1 aliphatic rings. The van der Waals surface area contributed by atoms with E-state index in [9.17, 15) is 18.4 Å². The first-order chi connectivity index (χ1) is 16.7. The second-order valence-electron chi connectivity index (χ2n) is 9.44. The van der Waals surface area contributed by atoms with Crippen molar-refractivity contribution in [3.8, 4) is 0 Å². The molecule has 1 aliphatic carbocycles. The van der Waals surface area contributed by atoms with E-state index in [0.29, 0.717) is 17.3 Å². The van der Waals surface area contributed by atoms with Crippen molar-refractivity contribution in [2.75, 3.05) is 19.3 Å². The topological polar surface area (TPSA) is 100 Å². The Morgan fingerprint density at radius 1 is 1.09 bits per heavy atom. The molecule has 0 saturated heterocycles. The molecule has 9 heteroatoms. The minimum absolute atomic E-state index is 0.0216. The molecular weight excluding hydrogens is 452 g/mol. The van der Waals surface area contributed by atoms with Crippen LogP contribution in [-0.4, -0.2) is 47.4 Å². The van der Waals surface area contributed by atoms with Crippen LogP contribution in [0.15, 0.2) is 36.5 Å². The molecule has 0 bridgehead atoms. The second-order valence-corrected chi connectivity index (χ2v) is 9.44. The van der Waals surface area contributed by atoms with E-state index in [1.54, 1.807) is 18.3 Å². The number of nitrogens with zero attached hydrogens (tertiary/aromatic N) is 2. The van der Waals surface area contributed by atoms with Crippen molar-refractivity contribution < 1.29 is 18.4 Å². The molecular formula is C26H35F2N5O2. The van der Waals surface area contributed by atoms with Gasteiger partial charge in [-0.3, -0.25) is 14.5 Å². The average Bonchev–Trinajstić information content (AvgIpc) is 2.85. The van der Waals surface area contributed by atoms with Gasteiger partial charge in [-0.25, -0.2) is 13.8 Å². The number of carbonyl (C=O) groups excluding carboxylic acids is 2. The first-order valence-corrected chi connectivity index (χ1v) is 12.2. The smallest absolute Gasteiger partial charge is 0.243 e. The summed E-state index contributed by atoms with van der Waals surface area (Å²) in [5.74, 6) is -1.75. The van der Waals surface area contributed by atoms with Crippen molar-refractivity contribution in [3.63, 3.8) is 0 Å². The number of nitrogens with one attached hydrogen (secondary N) is 2. The number of likely N-dealkylation sites (N-methyl/N-ethyl adjacent to an activating group) is 1. The van der Waals surface area contributed by atoms with Crippen molar-refractivity contribution in [2.45, 2.75) is 64.1 Å². The third kappa shape index (κ3) is 7.99. The van der Waals surface area contributed by atoms with Crippen molar-refractivity contribution in [1.29, 1.82) is 0 Å². The quantitative estimate of drug-likeness (QED) is 0.478. The van der Waals surface area contributed by atoms with E-state index in [-0.39, 0.29) is 18.9 Å². The summed E-state index contributed by atoms with van der Waals surface area (Å²) in [6.07, 6.45) is 7.62.